The second-order valence-electron chi connectivity index (χ2n) is 3.45. The molecule has 0 heterocycles. The Morgan fingerprint density at radius 3 is 2.58 bits per heavy atom. The zero-order valence-corrected chi connectivity index (χ0v) is 7.61. The molecule has 0 aromatic carbocycles. The van der Waals surface area contributed by atoms with Gasteiger partial charge in [0.15, 0.2) is 0 Å². The monoisotopic (exact) mass is 168 g/mol. The molecule has 0 amide bonds. The molecular formula is C11H17F. The van der Waals surface area contributed by atoms with E-state index in [0.29, 0.717) is 12.3 Å². The third kappa shape index (κ3) is 3.76. The topological polar surface area (TPSA) is 0 Å². The molecule has 0 bridgehead atoms. The molecule has 1 saturated carbocycles. The Labute approximate surface area is 74.5 Å². The van der Waals surface area contributed by atoms with E-state index in [-0.39, 0.29) is 6.67 Å². The van der Waals surface area contributed by atoms with Gasteiger partial charge in [-0.3, -0.25) is 4.39 Å². The first-order valence-electron chi connectivity index (χ1n) is 4.98. The van der Waals surface area contributed by atoms with Crippen LogP contribution in [0.4, 0.5) is 4.39 Å². The van der Waals surface area contributed by atoms with Gasteiger partial charge in [0.05, 0.1) is 6.67 Å². The van der Waals surface area contributed by atoms with Crippen molar-refractivity contribution in [2.75, 3.05) is 6.67 Å². The van der Waals surface area contributed by atoms with Gasteiger partial charge in [-0.05, 0) is 19.3 Å². The second kappa shape index (κ2) is 6.06. The van der Waals surface area contributed by atoms with Crippen LogP contribution in [-0.4, -0.2) is 6.67 Å². The van der Waals surface area contributed by atoms with Gasteiger partial charge in [-0.25, -0.2) is 0 Å². The molecule has 1 heteroatoms. The minimum absolute atomic E-state index is 0.223. The third-order valence-corrected chi connectivity index (χ3v) is 2.35. The number of hydrogen-bond acceptors (Lipinski definition) is 0. The fourth-order valence-electron chi connectivity index (χ4n) is 1.62. The maximum atomic E-state index is 11.7. The second-order valence-corrected chi connectivity index (χ2v) is 3.45. The van der Waals surface area contributed by atoms with Crippen LogP contribution >= 0.6 is 0 Å². The molecule has 0 saturated heterocycles. The highest BCUT2D eigenvalue weighted by atomic mass is 19.1. The lowest BCUT2D eigenvalue weighted by atomic mass is 9.90. The zero-order valence-electron chi connectivity index (χ0n) is 7.61. The van der Waals surface area contributed by atoms with E-state index in [2.05, 4.69) is 11.8 Å². The molecule has 0 aromatic heterocycles. The summed E-state index contributed by atoms with van der Waals surface area (Å²) >= 11 is 0. The Morgan fingerprint density at radius 2 is 1.92 bits per heavy atom. The molecule has 1 fully saturated rings. The van der Waals surface area contributed by atoms with Crippen LogP contribution in [0.3, 0.4) is 0 Å². The van der Waals surface area contributed by atoms with E-state index in [1.807, 2.05) is 0 Å². The molecule has 1 aliphatic rings. The van der Waals surface area contributed by atoms with Gasteiger partial charge in [0, 0.05) is 12.3 Å². The largest absolute Gasteiger partial charge is 0.251 e. The summed E-state index contributed by atoms with van der Waals surface area (Å²) in [6.07, 6.45) is 7.94. The van der Waals surface area contributed by atoms with Crippen molar-refractivity contribution in [3.05, 3.63) is 0 Å². The van der Waals surface area contributed by atoms with Gasteiger partial charge in [-0.15, -0.1) is 5.92 Å². The average molecular weight is 168 g/mol. The zero-order chi connectivity index (χ0) is 8.65. The molecule has 0 aromatic rings. The van der Waals surface area contributed by atoms with Crippen molar-refractivity contribution in [1.82, 2.24) is 0 Å². The molecule has 0 radical (unpaired) electrons. The Kier molecular flexibility index (Phi) is 4.83. The van der Waals surface area contributed by atoms with Crippen molar-refractivity contribution in [1.29, 1.82) is 0 Å². The Hall–Kier alpha value is -0.510. The van der Waals surface area contributed by atoms with Crippen molar-refractivity contribution in [3.63, 3.8) is 0 Å². The predicted octanol–water partition coefficient (Wildman–Crippen LogP) is 3.32. The number of unbranched alkanes of at least 4 members (excludes halogenated alkanes) is 1. The van der Waals surface area contributed by atoms with Crippen LogP contribution in [0, 0.1) is 17.8 Å². The summed E-state index contributed by atoms with van der Waals surface area (Å²) in [7, 11) is 0. The van der Waals surface area contributed by atoms with Crippen LogP contribution in [-0.2, 0) is 0 Å². The fraction of sp³-hybridized carbons (Fsp3) is 0.818. The molecule has 0 aliphatic heterocycles. The van der Waals surface area contributed by atoms with Crippen molar-refractivity contribution in [2.24, 2.45) is 5.92 Å². The van der Waals surface area contributed by atoms with E-state index in [1.165, 1.54) is 32.1 Å². The molecule has 1 rings (SSSR count). The molecule has 1 aliphatic carbocycles. The average Bonchev–Trinajstić information content (AvgIpc) is 2.14. The maximum absolute atomic E-state index is 11.7. The first kappa shape index (κ1) is 9.58. The lowest BCUT2D eigenvalue weighted by Gasteiger charge is -2.15. The summed E-state index contributed by atoms with van der Waals surface area (Å²) < 4.78 is 11.7. The standard InChI is InChI=1S/C11H17F/c12-10-6-2-5-9-11-7-3-1-4-8-11/h11H,1-4,6-8,10H2. The van der Waals surface area contributed by atoms with Gasteiger partial charge in [0.25, 0.3) is 0 Å². The van der Waals surface area contributed by atoms with Crippen molar-refractivity contribution in [3.8, 4) is 11.8 Å². The molecule has 0 nitrogen and oxygen atoms in total. The Morgan fingerprint density at radius 1 is 1.17 bits per heavy atom. The van der Waals surface area contributed by atoms with Gasteiger partial charge in [-0.1, -0.05) is 25.2 Å². The fourth-order valence-corrected chi connectivity index (χ4v) is 1.62. The third-order valence-electron chi connectivity index (χ3n) is 2.35. The van der Waals surface area contributed by atoms with Gasteiger partial charge in [-0.2, -0.15) is 0 Å². The Balaban J connectivity index is 2.13. The number of halogens is 1. The van der Waals surface area contributed by atoms with Gasteiger partial charge in [0.1, 0.15) is 0 Å². The van der Waals surface area contributed by atoms with Gasteiger partial charge >= 0.3 is 0 Å². The van der Waals surface area contributed by atoms with Crippen LogP contribution in [0.5, 0.6) is 0 Å². The van der Waals surface area contributed by atoms with Crippen molar-refractivity contribution in [2.45, 2.75) is 44.9 Å². The van der Waals surface area contributed by atoms with Crippen LogP contribution in [0.15, 0.2) is 0 Å². The van der Waals surface area contributed by atoms with Gasteiger partial charge < -0.3 is 0 Å². The predicted molar refractivity (Wildman–Crippen MR) is 49.6 cm³/mol. The molecule has 12 heavy (non-hydrogen) atoms. The smallest absolute Gasteiger partial charge is 0.0903 e. The molecule has 0 atom stereocenters. The van der Waals surface area contributed by atoms with E-state index < -0.39 is 0 Å². The molecule has 68 valence electrons. The number of rotatable bonds is 2. The van der Waals surface area contributed by atoms with E-state index in [4.69, 9.17) is 0 Å². The van der Waals surface area contributed by atoms with Gasteiger partial charge in [0.2, 0.25) is 0 Å². The van der Waals surface area contributed by atoms with Crippen LogP contribution < -0.4 is 0 Å². The number of alkyl halides is 1. The van der Waals surface area contributed by atoms with Crippen LogP contribution in [0.1, 0.15) is 44.9 Å². The summed E-state index contributed by atoms with van der Waals surface area (Å²) in [4.78, 5) is 0. The summed E-state index contributed by atoms with van der Waals surface area (Å²) in [5.74, 6) is 6.93. The molecule has 0 unspecified atom stereocenters. The van der Waals surface area contributed by atoms with Crippen molar-refractivity contribution >= 4 is 0 Å². The van der Waals surface area contributed by atoms with E-state index >= 15 is 0 Å². The van der Waals surface area contributed by atoms with Crippen molar-refractivity contribution < 1.29 is 4.39 Å². The normalized spacial score (nSPS) is 18.4. The summed E-state index contributed by atoms with van der Waals surface area (Å²) in [6, 6.07) is 0. The van der Waals surface area contributed by atoms with Crippen LogP contribution in [0.25, 0.3) is 0 Å². The SMILES string of the molecule is FCCCC#CC1CCCCC1. The van der Waals surface area contributed by atoms with E-state index in [9.17, 15) is 4.39 Å². The first-order valence-corrected chi connectivity index (χ1v) is 4.98. The summed E-state index contributed by atoms with van der Waals surface area (Å²) in [5.41, 5.74) is 0. The first-order chi connectivity index (χ1) is 5.93. The maximum Gasteiger partial charge on any atom is 0.0903 e. The number of hydrogen-bond donors (Lipinski definition) is 0. The lowest BCUT2D eigenvalue weighted by Crippen LogP contribution is -2.02. The quantitative estimate of drug-likeness (QED) is 0.438. The highest BCUT2D eigenvalue weighted by Gasteiger charge is 2.09. The van der Waals surface area contributed by atoms with E-state index in [0.717, 1.165) is 6.42 Å². The summed E-state index contributed by atoms with van der Waals surface area (Å²) in [6.45, 7) is -0.223. The lowest BCUT2D eigenvalue weighted by molar-refractivity contribution is 0.430. The minimum atomic E-state index is -0.223. The highest BCUT2D eigenvalue weighted by molar-refractivity contribution is 5.04. The van der Waals surface area contributed by atoms with Crippen LogP contribution in [0.2, 0.25) is 0 Å². The molecule has 0 spiro atoms. The molecule has 0 N–H and O–H groups in total. The Bertz CT molecular complexity index is 158. The highest BCUT2D eigenvalue weighted by Crippen LogP contribution is 2.22. The van der Waals surface area contributed by atoms with E-state index in [1.54, 1.807) is 0 Å². The molecular weight excluding hydrogens is 151 g/mol. The summed E-state index contributed by atoms with van der Waals surface area (Å²) in [5, 5.41) is 0. The minimum Gasteiger partial charge on any atom is -0.251 e.